The summed E-state index contributed by atoms with van der Waals surface area (Å²) in [7, 11) is -3.57. The monoisotopic (exact) mass is 386 g/mol. The summed E-state index contributed by atoms with van der Waals surface area (Å²) in [5.74, 6) is 1.08. The summed E-state index contributed by atoms with van der Waals surface area (Å²) in [6.45, 7) is 3.47. The lowest BCUT2D eigenvalue weighted by atomic mass is 9.69. The van der Waals surface area contributed by atoms with Gasteiger partial charge in [-0.05, 0) is 48.5 Å². The molecule has 0 amide bonds. The fraction of sp³-hybridized carbons (Fsp3) is 0.550. The molecule has 27 heavy (non-hydrogen) atoms. The van der Waals surface area contributed by atoms with Gasteiger partial charge < -0.3 is 4.57 Å². The van der Waals surface area contributed by atoms with Crippen LogP contribution in [0.25, 0.3) is 11.3 Å². The fourth-order valence-corrected chi connectivity index (χ4v) is 6.71. The molecular formula is C20H26N4O2S. The van der Waals surface area contributed by atoms with Crippen LogP contribution in [0.5, 0.6) is 0 Å². The second kappa shape index (κ2) is 5.90. The molecule has 144 valence electrons. The van der Waals surface area contributed by atoms with E-state index in [0.717, 1.165) is 12.8 Å². The molecule has 3 aliphatic rings. The van der Waals surface area contributed by atoms with Gasteiger partial charge >= 0.3 is 0 Å². The van der Waals surface area contributed by atoms with Gasteiger partial charge in [-0.3, -0.25) is 0 Å². The molecule has 1 spiro atoms. The Morgan fingerprint density at radius 1 is 1.19 bits per heavy atom. The minimum atomic E-state index is -3.57. The number of nitrogens with zero attached hydrogens (tertiary/aromatic N) is 3. The minimum Gasteiger partial charge on any atom is -0.323 e. The van der Waals surface area contributed by atoms with Crippen LogP contribution in [0.1, 0.15) is 44.2 Å². The fourth-order valence-electron chi connectivity index (χ4n) is 6.02. The van der Waals surface area contributed by atoms with Crippen LogP contribution in [0, 0.1) is 17.3 Å². The first-order chi connectivity index (χ1) is 12.9. The number of aromatic nitrogens is 2. The van der Waals surface area contributed by atoms with E-state index in [0.29, 0.717) is 31.0 Å². The Morgan fingerprint density at radius 2 is 1.93 bits per heavy atom. The third kappa shape index (κ3) is 2.52. The summed E-state index contributed by atoms with van der Waals surface area (Å²) < 4.78 is 27.2. The Hall–Kier alpha value is -1.70. The molecule has 0 bridgehead atoms. The van der Waals surface area contributed by atoms with E-state index >= 15 is 0 Å². The second-order valence-electron chi connectivity index (χ2n) is 8.52. The van der Waals surface area contributed by atoms with Crippen LogP contribution in [0.15, 0.2) is 36.8 Å². The van der Waals surface area contributed by atoms with E-state index in [1.807, 2.05) is 12.5 Å². The molecule has 1 aromatic heterocycles. The van der Waals surface area contributed by atoms with Gasteiger partial charge in [0.15, 0.2) is 0 Å². The topological polar surface area (TPSA) is 81.2 Å². The average molecular weight is 387 g/mol. The standard InChI is InChI=1S/C20H26N4O2S/c1-14-15(6-7-20(14)8-10-23(11-9-20)27(21,25)26)19-17-5-3-2-4-16(17)18-12-22-13-24(18)19/h2-5,12-15,19H,6-11H2,1H3,(H2,21,25,26)/t14-,15+,19-/m1/s1. The lowest BCUT2D eigenvalue weighted by Crippen LogP contribution is -2.47. The molecule has 1 aromatic carbocycles. The second-order valence-corrected chi connectivity index (χ2v) is 10.1. The molecule has 2 N–H and O–H groups in total. The van der Waals surface area contributed by atoms with Crippen molar-refractivity contribution in [1.29, 1.82) is 0 Å². The highest BCUT2D eigenvalue weighted by Gasteiger charge is 2.51. The largest absolute Gasteiger partial charge is 0.323 e. The first kappa shape index (κ1) is 17.4. The van der Waals surface area contributed by atoms with Gasteiger partial charge in [0.1, 0.15) is 0 Å². The highest BCUT2D eigenvalue weighted by molar-refractivity contribution is 7.86. The van der Waals surface area contributed by atoms with Crippen molar-refractivity contribution in [1.82, 2.24) is 13.9 Å². The van der Waals surface area contributed by atoms with E-state index in [1.54, 1.807) is 0 Å². The Kier molecular flexibility index (Phi) is 3.80. The predicted molar refractivity (Wildman–Crippen MR) is 104 cm³/mol. The van der Waals surface area contributed by atoms with E-state index in [-0.39, 0.29) is 5.41 Å². The van der Waals surface area contributed by atoms with Crippen molar-refractivity contribution in [2.45, 2.75) is 38.6 Å². The quantitative estimate of drug-likeness (QED) is 0.862. The van der Waals surface area contributed by atoms with Crippen LogP contribution in [-0.2, 0) is 10.2 Å². The molecule has 3 heterocycles. The average Bonchev–Trinajstić information content (AvgIpc) is 3.30. The van der Waals surface area contributed by atoms with Crippen LogP contribution in [0.4, 0.5) is 0 Å². The number of imidazole rings is 1. The molecule has 1 aliphatic carbocycles. The number of hydrogen-bond acceptors (Lipinski definition) is 3. The van der Waals surface area contributed by atoms with Gasteiger partial charge in [0.25, 0.3) is 10.2 Å². The SMILES string of the molecule is C[C@@H]1[C@@H]([C@@H]2c3ccccc3-c3cncn32)CCC12CCN(S(N)(=O)=O)CC2. The lowest BCUT2D eigenvalue weighted by molar-refractivity contribution is 0.0918. The molecule has 2 fully saturated rings. The van der Waals surface area contributed by atoms with Crippen molar-refractivity contribution < 1.29 is 8.42 Å². The number of nitrogens with two attached hydrogens (primary N) is 1. The third-order valence-corrected chi connectivity index (χ3v) is 8.67. The zero-order valence-corrected chi connectivity index (χ0v) is 16.4. The summed E-state index contributed by atoms with van der Waals surface area (Å²) in [6, 6.07) is 9.02. The number of rotatable bonds is 2. The predicted octanol–water partition coefficient (Wildman–Crippen LogP) is 2.78. The van der Waals surface area contributed by atoms with Gasteiger partial charge in [-0.1, -0.05) is 31.2 Å². The molecule has 1 saturated carbocycles. The normalized spacial score (nSPS) is 29.8. The number of hydrogen-bond donors (Lipinski definition) is 1. The summed E-state index contributed by atoms with van der Waals surface area (Å²) in [5, 5.41) is 5.34. The van der Waals surface area contributed by atoms with Gasteiger partial charge in [0.05, 0.1) is 24.3 Å². The highest BCUT2D eigenvalue weighted by atomic mass is 32.2. The molecule has 7 heteroatoms. The molecular weight excluding hydrogens is 360 g/mol. The Morgan fingerprint density at radius 3 is 2.67 bits per heavy atom. The maximum Gasteiger partial charge on any atom is 0.276 e. The Bertz CT molecular complexity index is 975. The molecule has 5 rings (SSSR count). The summed E-state index contributed by atoms with van der Waals surface area (Å²) in [6.07, 6.45) is 8.10. The smallest absolute Gasteiger partial charge is 0.276 e. The zero-order valence-electron chi connectivity index (χ0n) is 15.6. The number of benzene rings is 1. The van der Waals surface area contributed by atoms with Crippen molar-refractivity contribution in [2.75, 3.05) is 13.1 Å². The lowest BCUT2D eigenvalue weighted by Gasteiger charge is -2.43. The minimum absolute atomic E-state index is 0.226. The van der Waals surface area contributed by atoms with Crippen LogP contribution >= 0.6 is 0 Å². The molecule has 0 unspecified atom stereocenters. The van der Waals surface area contributed by atoms with Gasteiger partial charge in [-0.2, -0.15) is 12.7 Å². The maximum absolute atomic E-state index is 11.7. The Balaban J connectivity index is 1.44. The van der Waals surface area contributed by atoms with Crippen molar-refractivity contribution in [3.05, 3.63) is 42.4 Å². The van der Waals surface area contributed by atoms with Gasteiger partial charge in [-0.25, -0.2) is 10.1 Å². The van der Waals surface area contributed by atoms with E-state index in [4.69, 9.17) is 5.14 Å². The Labute approximate surface area is 160 Å². The summed E-state index contributed by atoms with van der Waals surface area (Å²) in [5.41, 5.74) is 4.15. The van der Waals surface area contributed by atoms with Crippen LogP contribution in [0.2, 0.25) is 0 Å². The van der Waals surface area contributed by atoms with E-state index < -0.39 is 10.2 Å². The van der Waals surface area contributed by atoms with Gasteiger partial charge in [0.2, 0.25) is 0 Å². The summed E-state index contributed by atoms with van der Waals surface area (Å²) in [4.78, 5) is 4.41. The van der Waals surface area contributed by atoms with Gasteiger partial charge in [-0.15, -0.1) is 0 Å². The summed E-state index contributed by atoms with van der Waals surface area (Å²) >= 11 is 0. The van der Waals surface area contributed by atoms with E-state index in [9.17, 15) is 8.42 Å². The highest BCUT2D eigenvalue weighted by Crippen LogP contribution is 2.59. The van der Waals surface area contributed by atoms with Crippen molar-refractivity contribution in [3.63, 3.8) is 0 Å². The molecule has 3 atom stereocenters. The third-order valence-electron chi connectivity index (χ3n) is 7.59. The molecule has 6 nitrogen and oxygen atoms in total. The van der Waals surface area contributed by atoms with Crippen LogP contribution in [0.3, 0.4) is 0 Å². The first-order valence-electron chi connectivity index (χ1n) is 9.80. The number of fused-ring (bicyclic) bond motifs is 3. The maximum atomic E-state index is 11.7. The van der Waals surface area contributed by atoms with Crippen molar-refractivity contribution in [2.24, 2.45) is 22.4 Å². The van der Waals surface area contributed by atoms with E-state index in [1.165, 1.54) is 34.0 Å². The molecule has 2 aliphatic heterocycles. The van der Waals surface area contributed by atoms with Gasteiger partial charge in [0, 0.05) is 18.7 Å². The van der Waals surface area contributed by atoms with Crippen LogP contribution < -0.4 is 5.14 Å². The molecule has 0 radical (unpaired) electrons. The number of piperidine rings is 1. The van der Waals surface area contributed by atoms with Crippen molar-refractivity contribution >= 4 is 10.2 Å². The molecule has 2 aromatic rings. The zero-order chi connectivity index (χ0) is 18.8. The van der Waals surface area contributed by atoms with Crippen molar-refractivity contribution in [3.8, 4) is 11.3 Å². The van der Waals surface area contributed by atoms with E-state index in [2.05, 4.69) is 40.7 Å². The van der Waals surface area contributed by atoms with Crippen LogP contribution in [-0.4, -0.2) is 35.4 Å². The molecule has 1 saturated heterocycles. The first-order valence-corrected chi connectivity index (χ1v) is 11.3.